The molecule has 0 radical (unpaired) electrons. The van der Waals surface area contributed by atoms with Crippen LogP contribution in [0.4, 0.5) is 0 Å². The molecule has 1 saturated heterocycles. The molecule has 2 N–H and O–H groups in total. The summed E-state index contributed by atoms with van der Waals surface area (Å²) >= 11 is 0. The molecule has 0 aliphatic carbocycles. The Labute approximate surface area is 79.8 Å². The van der Waals surface area contributed by atoms with Gasteiger partial charge in [0.05, 0.1) is 12.2 Å². The van der Waals surface area contributed by atoms with Crippen molar-refractivity contribution in [2.24, 2.45) is 10.7 Å². The third-order valence-electron chi connectivity index (χ3n) is 2.06. The molecule has 2 atom stereocenters. The van der Waals surface area contributed by atoms with Crippen LogP contribution < -0.4 is 5.73 Å². The van der Waals surface area contributed by atoms with Gasteiger partial charge in [-0.15, -0.1) is 0 Å². The van der Waals surface area contributed by atoms with Crippen LogP contribution in [0.5, 0.6) is 0 Å². The molecule has 1 fully saturated rings. The lowest BCUT2D eigenvalue weighted by Gasteiger charge is -2.35. The van der Waals surface area contributed by atoms with E-state index in [1.54, 1.807) is 0 Å². The molecule has 0 saturated carbocycles. The smallest absolute Gasteiger partial charge is 0.191 e. The highest BCUT2D eigenvalue weighted by Crippen LogP contribution is 2.09. The van der Waals surface area contributed by atoms with Crippen molar-refractivity contribution in [2.75, 3.05) is 19.6 Å². The zero-order valence-electron chi connectivity index (χ0n) is 8.66. The molecule has 0 spiro atoms. The van der Waals surface area contributed by atoms with E-state index in [4.69, 9.17) is 10.5 Å². The van der Waals surface area contributed by atoms with Crippen molar-refractivity contribution in [1.82, 2.24) is 4.90 Å². The van der Waals surface area contributed by atoms with Crippen molar-refractivity contribution < 1.29 is 4.74 Å². The second-order valence-electron chi connectivity index (χ2n) is 3.49. The average Bonchev–Trinajstić information content (AvgIpc) is 2.03. The molecule has 1 aliphatic rings. The monoisotopic (exact) mass is 185 g/mol. The minimum absolute atomic E-state index is 0.245. The van der Waals surface area contributed by atoms with Crippen LogP contribution in [0.1, 0.15) is 20.8 Å². The van der Waals surface area contributed by atoms with Gasteiger partial charge in [0.25, 0.3) is 0 Å². The molecule has 0 bridgehead atoms. The fourth-order valence-electron chi connectivity index (χ4n) is 1.63. The molecular formula is C9H19N3O. The summed E-state index contributed by atoms with van der Waals surface area (Å²) in [5, 5.41) is 0. The van der Waals surface area contributed by atoms with E-state index in [1.165, 1.54) is 0 Å². The molecule has 76 valence electrons. The van der Waals surface area contributed by atoms with Crippen molar-refractivity contribution in [3.05, 3.63) is 0 Å². The number of nitrogens with zero attached hydrogens (tertiary/aromatic N) is 2. The molecule has 4 nitrogen and oxygen atoms in total. The molecule has 0 aromatic carbocycles. The predicted molar refractivity (Wildman–Crippen MR) is 53.7 cm³/mol. The van der Waals surface area contributed by atoms with E-state index in [0.29, 0.717) is 5.96 Å². The number of ether oxygens (including phenoxy) is 1. The van der Waals surface area contributed by atoms with Gasteiger partial charge in [0.1, 0.15) is 0 Å². The van der Waals surface area contributed by atoms with Gasteiger partial charge in [-0.25, -0.2) is 0 Å². The SMILES string of the molecule is CCN=C(N)N1C[C@@H](C)O[C@@H](C)C1. The summed E-state index contributed by atoms with van der Waals surface area (Å²) in [6.07, 6.45) is 0.490. The first kappa shape index (κ1) is 10.3. The first-order valence-corrected chi connectivity index (χ1v) is 4.83. The lowest BCUT2D eigenvalue weighted by molar-refractivity contribution is -0.0484. The van der Waals surface area contributed by atoms with Gasteiger partial charge in [-0.3, -0.25) is 4.99 Å². The Bertz CT molecular complexity index is 183. The number of hydrogen-bond acceptors (Lipinski definition) is 2. The zero-order chi connectivity index (χ0) is 9.84. The third-order valence-corrected chi connectivity index (χ3v) is 2.06. The summed E-state index contributed by atoms with van der Waals surface area (Å²) in [5.74, 6) is 0.643. The first-order chi connectivity index (χ1) is 6.13. The topological polar surface area (TPSA) is 50.8 Å². The standard InChI is InChI=1S/C9H19N3O/c1-4-11-9(10)12-5-7(2)13-8(3)6-12/h7-8H,4-6H2,1-3H3,(H2,10,11)/t7-,8+. The Hall–Kier alpha value is -0.770. The van der Waals surface area contributed by atoms with Gasteiger partial charge in [-0.2, -0.15) is 0 Å². The van der Waals surface area contributed by atoms with Gasteiger partial charge in [-0.1, -0.05) is 0 Å². The van der Waals surface area contributed by atoms with Gasteiger partial charge >= 0.3 is 0 Å². The Kier molecular flexibility index (Phi) is 3.54. The second kappa shape index (κ2) is 4.46. The average molecular weight is 185 g/mol. The summed E-state index contributed by atoms with van der Waals surface area (Å²) < 4.78 is 5.59. The lowest BCUT2D eigenvalue weighted by Crippen LogP contribution is -2.50. The fourth-order valence-corrected chi connectivity index (χ4v) is 1.63. The predicted octanol–water partition coefficient (Wildman–Crippen LogP) is 0.430. The fraction of sp³-hybridized carbons (Fsp3) is 0.889. The van der Waals surface area contributed by atoms with Gasteiger partial charge in [0.2, 0.25) is 0 Å². The largest absolute Gasteiger partial charge is 0.372 e. The van der Waals surface area contributed by atoms with E-state index in [1.807, 2.05) is 6.92 Å². The van der Waals surface area contributed by atoms with E-state index < -0.39 is 0 Å². The molecule has 0 aromatic heterocycles. The third kappa shape index (κ3) is 2.88. The molecule has 0 aromatic rings. The Morgan fingerprint density at radius 2 is 2.00 bits per heavy atom. The van der Waals surface area contributed by atoms with E-state index in [9.17, 15) is 0 Å². The summed E-state index contributed by atoms with van der Waals surface area (Å²) in [6, 6.07) is 0. The second-order valence-corrected chi connectivity index (χ2v) is 3.49. The summed E-state index contributed by atoms with van der Waals surface area (Å²) in [5.41, 5.74) is 5.80. The highest BCUT2D eigenvalue weighted by atomic mass is 16.5. The Morgan fingerprint density at radius 1 is 1.46 bits per heavy atom. The maximum Gasteiger partial charge on any atom is 0.191 e. The summed E-state index contributed by atoms with van der Waals surface area (Å²) in [7, 11) is 0. The quantitative estimate of drug-likeness (QED) is 0.476. The summed E-state index contributed by atoms with van der Waals surface area (Å²) in [4.78, 5) is 6.27. The van der Waals surface area contributed by atoms with Crippen molar-refractivity contribution in [2.45, 2.75) is 33.0 Å². The van der Waals surface area contributed by atoms with Crippen LogP contribution in [-0.4, -0.2) is 42.7 Å². The van der Waals surface area contributed by atoms with E-state index in [0.717, 1.165) is 19.6 Å². The van der Waals surface area contributed by atoms with Crippen LogP contribution in [-0.2, 0) is 4.74 Å². The molecule has 0 unspecified atom stereocenters. The summed E-state index contributed by atoms with van der Waals surface area (Å²) in [6.45, 7) is 8.54. The molecule has 1 rings (SSSR count). The van der Waals surface area contributed by atoms with Crippen LogP contribution >= 0.6 is 0 Å². The van der Waals surface area contributed by atoms with Crippen molar-refractivity contribution >= 4 is 5.96 Å². The molecule has 4 heteroatoms. The van der Waals surface area contributed by atoms with Crippen LogP contribution in [0.2, 0.25) is 0 Å². The lowest BCUT2D eigenvalue weighted by atomic mass is 10.2. The first-order valence-electron chi connectivity index (χ1n) is 4.83. The number of guanidine groups is 1. The zero-order valence-corrected chi connectivity index (χ0v) is 8.66. The van der Waals surface area contributed by atoms with E-state index in [-0.39, 0.29) is 12.2 Å². The maximum atomic E-state index is 5.80. The highest BCUT2D eigenvalue weighted by molar-refractivity contribution is 5.78. The van der Waals surface area contributed by atoms with Gasteiger partial charge in [-0.05, 0) is 20.8 Å². The molecule has 13 heavy (non-hydrogen) atoms. The van der Waals surface area contributed by atoms with Crippen LogP contribution in [0.25, 0.3) is 0 Å². The maximum absolute atomic E-state index is 5.80. The number of nitrogens with two attached hydrogens (primary N) is 1. The van der Waals surface area contributed by atoms with E-state index >= 15 is 0 Å². The van der Waals surface area contributed by atoms with Gasteiger partial charge in [0.15, 0.2) is 5.96 Å². The number of hydrogen-bond donors (Lipinski definition) is 1. The molecule has 1 heterocycles. The van der Waals surface area contributed by atoms with Crippen molar-refractivity contribution in [1.29, 1.82) is 0 Å². The molecule has 1 aliphatic heterocycles. The van der Waals surface area contributed by atoms with Crippen molar-refractivity contribution in [3.8, 4) is 0 Å². The normalized spacial score (nSPS) is 30.7. The number of morpholine rings is 1. The van der Waals surface area contributed by atoms with Crippen LogP contribution in [0.3, 0.4) is 0 Å². The van der Waals surface area contributed by atoms with Gasteiger partial charge in [0, 0.05) is 19.6 Å². The Morgan fingerprint density at radius 3 is 2.46 bits per heavy atom. The highest BCUT2D eigenvalue weighted by Gasteiger charge is 2.22. The number of rotatable bonds is 1. The number of aliphatic imine (C=N–C) groups is 1. The minimum Gasteiger partial charge on any atom is -0.372 e. The minimum atomic E-state index is 0.245. The van der Waals surface area contributed by atoms with Crippen LogP contribution in [0.15, 0.2) is 4.99 Å². The Balaban J connectivity index is 2.54. The van der Waals surface area contributed by atoms with Gasteiger partial charge < -0.3 is 15.4 Å². The molecular weight excluding hydrogens is 166 g/mol. The van der Waals surface area contributed by atoms with E-state index in [2.05, 4.69) is 23.7 Å². The molecule has 0 amide bonds. The van der Waals surface area contributed by atoms with Crippen LogP contribution in [0, 0.1) is 0 Å². The van der Waals surface area contributed by atoms with Crippen molar-refractivity contribution in [3.63, 3.8) is 0 Å².